The lowest BCUT2D eigenvalue weighted by Crippen LogP contribution is -1.68. The third-order valence-electron chi connectivity index (χ3n) is 0.690. The Hall–Kier alpha value is -1.24. The second-order valence-corrected chi connectivity index (χ2v) is 1.48. The molecule has 0 bridgehead atoms. The summed E-state index contributed by atoms with van der Waals surface area (Å²) in [7, 11) is 0. The van der Waals surface area contributed by atoms with Gasteiger partial charge in [-0.25, -0.2) is 0 Å². The Morgan fingerprint density at radius 2 is 1.45 bits per heavy atom. The van der Waals surface area contributed by atoms with Crippen LogP contribution in [0.25, 0.3) is 0 Å². The maximum Gasteiger partial charge on any atom is 0.133 e. The highest BCUT2D eigenvalue weighted by atomic mass is 16.5. The number of rotatable bonds is 4. The monoisotopic (exact) mass is 154 g/mol. The molecule has 0 amide bonds. The van der Waals surface area contributed by atoms with E-state index in [-0.39, 0.29) is 13.2 Å². The summed E-state index contributed by atoms with van der Waals surface area (Å²) in [5, 5.41) is 16.5. The van der Waals surface area contributed by atoms with Crippen LogP contribution in [0, 0.1) is 0 Å². The highest BCUT2D eigenvalue weighted by Crippen LogP contribution is 1.75. The summed E-state index contributed by atoms with van der Waals surface area (Å²) < 4.78 is 4.68. The topological polar surface area (TPSA) is 49.7 Å². The molecule has 0 heterocycles. The highest BCUT2D eigenvalue weighted by Gasteiger charge is 1.62. The van der Waals surface area contributed by atoms with Crippen LogP contribution in [-0.4, -0.2) is 23.4 Å². The van der Waals surface area contributed by atoms with Gasteiger partial charge in [-0.3, -0.25) is 0 Å². The first-order valence-electron chi connectivity index (χ1n) is 3.08. The summed E-state index contributed by atoms with van der Waals surface area (Å²) in [5.41, 5.74) is 5.08. The molecule has 0 aromatic heterocycles. The average molecular weight is 154 g/mol. The predicted octanol–water partition coefficient (Wildman–Crippen LogP) is 0.325. The van der Waals surface area contributed by atoms with Crippen LogP contribution in [-0.2, 0) is 4.74 Å². The van der Waals surface area contributed by atoms with Crippen LogP contribution in [0.4, 0.5) is 0 Å². The normalized spacial score (nSPS) is 7.09. The van der Waals surface area contributed by atoms with Crippen LogP contribution in [0.15, 0.2) is 36.1 Å². The second-order valence-electron chi connectivity index (χ2n) is 1.48. The van der Waals surface area contributed by atoms with Crippen molar-refractivity contribution >= 4 is 0 Å². The zero-order valence-corrected chi connectivity index (χ0v) is 6.03. The third-order valence-corrected chi connectivity index (χ3v) is 0.690. The predicted molar refractivity (Wildman–Crippen MR) is 40.6 cm³/mol. The molecular formula is C8H10O3. The molecule has 0 unspecified atom stereocenters. The van der Waals surface area contributed by atoms with Gasteiger partial charge in [0.05, 0.1) is 13.2 Å². The number of aliphatic hydroxyl groups excluding tert-OH is 2. The molecule has 0 radical (unpaired) electrons. The van der Waals surface area contributed by atoms with E-state index in [0.29, 0.717) is 0 Å². The summed E-state index contributed by atoms with van der Waals surface area (Å²) in [6.07, 6.45) is 5.36. The van der Waals surface area contributed by atoms with Crippen molar-refractivity contribution in [3.63, 3.8) is 0 Å². The van der Waals surface area contributed by atoms with Gasteiger partial charge in [-0.2, -0.15) is 0 Å². The van der Waals surface area contributed by atoms with Crippen molar-refractivity contribution in [2.24, 2.45) is 0 Å². The SMILES string of the molecule is OCC=C=COC=C=CCO. The Balaban J connectivity index is 3.56. The fourth-order valence-electron chi connectivity index (χ4n) is 0.314. The number of aliphatic hydroxyl groups is 2. The Labute approximate surface area is 65.2 Å². The van der Waals surface area contributed by atoms with Gasteiger partial charge in [0.15, 0.2) is 0 Å². The fourth-order valence-corrected chi connectivity index (χ4v) is 0.314. The summed E-state index contributed by atoms with van der Waals surface area (Å²) >= 11 is 0. The summed E-state index contributed by atoms with van der Waals surface area (Å²) in [5.74, 6) is 0. The smallest absolute Gasteiger partial charge is 0.133 e. The molecule has 0 aliphatic heterocycles. The first-order chi connectivity index (χ1) is 5.41. The number of ether oxygens (including phenoxy) is 1. The summed E-state index contributed by atoms with van der Waals surface area (Å²) in [6, 6.07) is 0. The van der Waals surface area contributed by atoms with Gasteiger partial charge in [0, 0.05) is 0 Å². The number of hydrogen-bond acceptors (Lipinski definition) is 3. The molecule has 0 spiro atoms. The van der Waals surface area contributed by atoms with Crippen LogP contribution in [0.1, 0.15) is 0 Å². The van der Waals surface area contributed by atoms with Gasteiger partial charge < -0.3 is 14.9 Å². The van der Waals surface area contributed by atoms with E-state index in [9.17, 15) is 0 Å². The van der Waals surface area contributed by atoms with Crippen LogP contribution >= 0.6 is 0 Å². The standard InChI is InChI=1S/C8H10O3/c9-5-1-3-7-11-8-4-2-6-10/h1-2,7-10H,5-6H2. The largest absolute Gasteiger partial charge is 0.456 e. The Morgan fingerprint density at radius 1 is 1.00 bits per heavy atom. The van der Waals surface area contributed by atoms with E-state index in [0.717, 1.165) is 0 Å². The van der Waals surface area contributed by atoms with E-state index in [1.54, 1.807) is 0 Å². The van der Waals surface area contributed by atoms with Crippen molar-refractivity contribution in [2.75, 3.05) is 13.2 Å². The van der Waals surface area contributed by atoms with Gasteiger partial charge in [-0.1, -0.05) is 11.5 Å². The zero-order chi connectivity index (χ0) is 8.36. The number of hydrogen-bond donors (Lipinski definition) is 2. The molecule has 3 nitrogen and oxygen atoms in total. The Morgan fingerprint density at radius 3 is 1.82 bits per heavy atom. The van der Waals surface area contributed by atoms with E-state index < -0.39 is 0 Å². The van der Waals surface area contributed by atoms with Crippen molar-refractivity contribution < 1.29 is 14.9 Å². The molecular weight excluding hydrogens is 144 g/mol. The molecule has 0 saturated heterocycles. The van der Waals surface area contributed by atoms with Crippen molar-refractivity contribution in [1.29, 1.82) is 0 Å². The molecule has 60 valence electrons. The molecule has 0 fully saturated rings. The lowest BCUT2D eigenvalue weighted by Gasteiger charge is -1.79. The van der Waals surface area contributed by atoms with Gasteiger partial charge in [-0.15, -0.1) is 0 Å². The Kier molecular flexibility index (Phi) is 7.77. The first-order valence-corrected chi connectivity index (χ1v) is 3.08. The van der Waals surface area contributed by atoms with E-state index in [1.165, 1.54) is 24.7 Å². The minimum absolute atomic E-state index is 0.0595. The molecule has 3 heteroatoms. The van der Waals surface area contributed by atoms with Gasteiger partial charge >= 0.3 is 0 Å². The minimum Gasteiger partial charge on any atom is -0.456 e. The van der Waals surface area contributed by atoms with Gasteiger partial charge in [0.1, 0.15) is 12.5 Å². The maximum atomic E-state index is 8.25. The molecule has 0 saturated carbocycles. The van der Waals surface area contributed by atoms with Crippen LogP contribution < -0.4 is 0 Å². The van der Waals surface area contributed by atoms with E-state index in [2.05, 4.69) is 16.2 Å². The molecule has 0 aromatic rings. The minimum atomic E-state index is -0.0595. The second kappa shape index (κ2) is 8.76. The van der Waals surface area contributed by atoms with Crippen molar-refractivity contribution in [1.82, 2.24) is 0 Å². The summed E-state index contributed by atoms with van der Waals surface area (Å²) in [4.78, 5) is 0. The zero-order valence-electron chi connectivity index (χ0n) is 6.03. The van der Waals surface area contributed by atoms with Gasteiger partial charge in [0.25, 0.3) is 0 Å². The van der Waals surface area contributed by atoms with Crippen molar-refractivity contribution in [3.05, 3.63) is 36.1 Å². The van der Waals surface area contributed by atoms with E-state index >= 15 is 0 Å². The van der Waals surface area contributed by atoms with Crippen LogP contribution in [0.2, 0.25) is 0 Å². The lowest BCUT2D eigenvalue weighted by molar-refractivity contribution is 0.342. The van der Waals surface area contributed by atoms with Crippen LogP contribution in [0.5, 0.6) is 0 Å². The third kappa shape index (κ3) is 8.76. The summed E-state index contributed by atoms with van der Waals surface area (Å²) in [6.45, 7) is -0.119. The molecule has 0 aliphatic carbocycles. The highest BCUT2D eigenvalue weighted by molar-refractivity contribution is 4.83. The quantitative estimate of drug-likeness (QED) is 0.453. The Bertz CT molecular complexity index is 171. The molecule has 0 atom stereocenters. The fraction of sp³-hybridized carbons (Fsp3) is 0.250. The lowest BCUT2D eigenvalue weighted by atomic mass is 10.6. The molecule has 0 aromatic carbocycles. The molecule has 0 rings (SSSR count). The van der Waals surface area contributed by atoms with Crippen molar-refractivity contribution in [3.8, 4) is 0 Å². The first kappa shape index (κ1) is 9.76. The van der Waals surface area contributed by atoms with Gasteiger partial charge in [-0.05, 0) is 12.2 Å². The van der Waals surface area contributed by atoms with Gasteiger partial charge in [0.2, 0.25) is 0 Å². The van der Waals surface area contributed by atoms with Crippen molar-refractivity contribution in [2.45, 2.75) is 0 Å². The molecule has 0 aliphatic rings. The maximum absolute atomic E-state index is 8.25. The van der Waals surface area contributed by atoms with E-state index in [1.807, 2.05) is 0 Å². The molecule has 11 heavy (non-hydrogen) atoms. The van der Waals surface area contributed by atoms with E-state index in [4.69, 9.17) is 10.2 Å². The van der Waals surface area contributed by atoms with Crippen LogP contribution in [0.3, 0.4) is 0 Å². The molecule has 2 N–H and O–H groups in total. The average Bonchev–Trinajstić information content (AvgIpc) is 2.03.